The highest BCUT2D eigenvalue weighted by atomic mass is 79.9. The molecule has 0 spiro atoms. The molecule has 2 aromatic rings. The van der Waals surface area contributed by atoms with Crippen LogP contribution in [0.15, 0.2) is 58.0 Å². The van der Waals surface area contributed by atoms with E-state index >= 15 is 0 Å². The second-order valence-electron chi connectivity index (χ2n) is 6.10. The minimum absolute atomic E-state index is 0.0689. The lowest BCUT2D eigenvalue weighted by molar-refractivity contribution is 0.100. The Morgan fingerprint density at radius 1 is 1.12 bits per heavy atom. The molecule has 0 saturated heterocycles. The lowest BCUT2D eigenvalue weighted by atomic mass is 10.1. The van der Waals surface area contributed by atoms with Gasteiger partial charge in [0.25, 0.3) is 0 Å². The van der Waals surface area contributed by atoms with Crippen LogP contribution < -0.4 is 4.90 Å². The number of amidine groups is 1. The van der Waals surface area contributed by atoms with Crippen LogP contribution in [0.5, 0.6) is 0 Å². The standard InChI is InChI=1S/C20H20BrClN2O/c21-16-10-8-15(9-11-16)19(25)14-24(18-6-4-5-17(22)13-18)20-7-2-1-3-12-23-20/h4-6,8-11,13H,1-3,7,12,14H2. The predicted octanol–water partition coefficient (Wildman–Crippen LogP) is 5.76. The summed E-state index contributed by atoms with van der Waals surface area (Å²) < 4.78 is 0.962. The molecule has 130 valence electrons. The first-order valence-electron chi connectivity index (χ1n) is 8.49. The van der Waals surface area contributed by atoms with Gasteiger partial charge >= 0.3 is 0 Å². The number of benzene rings is 2. The monoisotopic (exact) mass is 418 g/mol. The van der Waals surface area contributed by atoms with Gasteiger partial charge in [-0.1, -0.05) is 52.2 Å². The van der Waals surface area contributed by atoms with E-state index in [-0.39, 0.29) is 12.3 Å². The Bertz CT molecular complexity index is 774. The molecule has 0 N–H and O–H groups in total. The average molecular weight is 420 g/mol. The van der Waals surface area contributed by atoms with E-state index in [1.165, 1.54) is 6.42 Å². The minimum atomic E-state index is 0.0689. The first-order chi connectivity index (χ1) is 12.1. The van der Waals surface area contributed by atoms with Crippen molar-refractivity contribution in [3.05, 3.63) is 63.6 Å². The van der Waals surface area contributed by atoms with Crippen molar-refractivity contribution in [1.29, 1.82) is 0 Å². The van der Waals surface area contributed by atoms with Crippen LogP contribution in [0.3, 0.4) is 0 Å². The molecule has 3 rings (SSSR count). The second kappa shape index (κ2) is 8.63. The molecule has 0 saturated carbocycles. The molecule has 2 aromatic carbocycles. The fourth-order valence-corrected chi connectivity index (χ4v) is 3.37. The second-order valence-corrected chi connectivity index (χ2v) is 7.46. The number of aliphatic imine (C=N–C) groups is 1. The number of carbonyl (C=O) groups is 1. The number of hydrogen-bond donors (Lipinski definition) is 0. The zero-order valence-electron chi connectivity index (χ0n) is 13.9. The highest BCUT2D eigenvalue weighted by Crippen LogP contribution is 2.23. The van der Waals surface area contributed by atoms with Crippen LogP contribution in [0.4, 0.5) is 5.69 Å². The van der Waals surface area contributed by atoms with Crippen LogP contribution in [0.1, 0.15) is 36.0 Å². The normalized spacial score (nSPS) is 14.6. The summed E-state index contributed by atoms with van der Waals surface area (Å²) in [4.78, 5) is 19.6. The molecule has 0 aliphatic carbocycles. The van der Waals surface area contributed by atoms with Crippen LogP contribution in [0, 0.1) is 0 Å². The molecule has 0 radical (unpaired) electrons. The van der Waals surface area contributed by atoms with Crippen LogP contribution >= 0.6 is 27.5 Å². The van der Waals surface area contributed by atoms with Crippen LogP contribution in [-0.2, 0) is 0 Å². The van der Waals surface area contributed by atoms with Crippen molar-refractivity contribution in [2.45, 2.75) is 25.7 Å². The fraction of sp³-hybridized carbons (Fsp3) is 0.300. The molecule has 0 amide bonds. The third-order valence-corrected chi connectivity index (χ3v) is 5.02. The highest BCUT2D eigenvalue weighted by molar-refractivity contribution is 9.10. The minimum Gasteiger partial charge on any atom is -0.322 e. The molecule has 5 heteroatoms. The molecule has 0 atom stereocenters. The van der Waals surface area contributed by atoms with Gasteiger partial charge in [0, 0.05) is 33.7 Å². The summed E-state index contributed by atoms with van der Waals surface area (Å²) in [5, 5.41) is 0.660. The number of anilines is 1. The smallest absolute Gasteiger partial charge is 0.182 e. The summed E-state index contributed by atoms with van der Waals surface area (Å²) in [6, 6.07) is 15.1. The van der Waals surface area contributed by atoms with E-state index in [2.05, 4.69) is 15.9 Å². The van der Waals surface area contributed by atoms with Crippen molar-refractivity contribution in [3.8, 4) is 0 Å². The van der Waals surface area contributed by atoms with Gasteiger partial charge in [-0.25, -0.2) is 0 Å². The molecule has 0 unspecified atom stereocenters. The number of rotatable bonds is 4. The number of carbonyl (C=O) groups excluding carboxylic acids is 1. The third kappa shape index (κ3) is 4.93. The van der Waals surface area contributed by atoms with Crippen molar-refractivity contribution in [3.63, 3.8) is 0 Å². The molecular weight excluding hydrogens is 400 g/mol. The number of hydrogen-bond acceptors (Lipinski definition) is 3. The van der Waals surface area contributed by atoms with Crippen LogP contribution in [-0.4, -0.2) is 24.7 Å². The van der Waals surface area contributed by atoms with Gasteiger partial charge in [-0.15, -0.1) is 0 Å². The van der Waals surface area contributed by atoms with Gasteiger partial charge in [-0.05, 0) is 43.2 Å². The van der Waals surface area contributed by atoms with Crippen LogP contribution in [0.2, 0.25) is 5.02 Å². The SMILES string of the molecule is O=C(CN(C1=NCCCCC1)c1cccc(Cl)c1)c1ccc(Br)cc1. The van der Waals surface area contributed by atoms with Gasteiger partial charge in [0.05, 0.1) is 6.54 Å². The number of halogens is 2. The lowest BCUT2D eigenvalue weighted by Crippen LogP contribution is -2.36. The van der Waals surface area contributed by atoms with Crippen LogP contribution in [0.25, 0.3) is 0 Å². The maximum atomic E-state index is 12.8. The summed E-state index contributed by atoms with van der Waals surface area (Å²) in [6.45, 7) is 1.08. The lowest BCUT2D eigenvalue weighted by Gasteiger charge is -2.26. The van der Waals surface area contributed by atoms with Gasteiger partial charge in [-0.2, -0.15) is 0 Å². The van der Waals surface area contributed by atoms with E-state index in [9.17, 15) is 4.79 Å². The maximum Gasteiger partial charge on any atom is 0.182 e. The zero-order valence-corrected chi connectivity index (χ0v) is 16.3. The quantitative estimate of drug-likeness (QED) is 0.590. The van der Waals surface area contributed by atoms with Gasteiger partial charge in [0.2, 0.25) is 0 Å². The largest absolute Gasteiger partial charge is 0.322 e. The average Bonchev–Trinajstić information content (AvgIpc) is 2.89. The summed E-state index contributed by atoms with van der Waals surface area (Å²) in [7, 11) is 0. The third-order valence-electron chi connectivity index (χ3n) is 4.25. The summed E-state index contributed by atoms with van der Waals surface area (Å²) in [6.07, 6.45) is 4.27. The van der Waals surface area contributed by atoms with Crippen molar-refractivity contribution < 1.29 is 4.79 Å². The molecule has 0 aromatic heterocycles. The molecule has 1 aliphatic heterocycles. The zero-order chi connectivity index (χ0) is 17.6. The Kier molecular flexibility index (Phi) is 6.27. The van der Waals surface area contributed by atoms with Crippen molar-refractivity contribution in [2.24, 2.45) is 4.99 Å². The molecule has 0 bridgehead atoms. The summed E-state index contributed by atoms with van der Waals surface area (Å²) in [5.74, 6) is 1.05. The first kappa shape index (κ1) is 18.2. The topological polar surface area (TPSA) is 32.7 Å². The fourth-order valence-electron chi connectivity index (χ4n) is 2.93. The van der Waals surface area contributed by atoms with Gasteiger partial charge < -0.3 is 4.90 Å². The van der Waals surface area contributed by atoms with Gasteiger partial charge in [-0.3, -0.25) is 9.79 Å². The number of Topliss-reactive ketones (excluding diaryl/α,β-unsaturated/α-hetero) is 1. The predicted molar refractivity (Wildman–Crippen MR) is 108 cm³/mol. The first-order valence-corrected chi connectivity index (χ1v) is 9.66. The van der Waals surface area contributed by atoms with E-state index < -0.39 is 0 Å². The Hall–Kier alpha value is -1.65. The van der Waals surface area contributed by atoms with E-state index in [1.54, 1.807) is 0 Å². The van der Waals surface area contributed by atoms with Crippen molar-refractivity contribution in [2.75, 3.05) is 18.0 Å². The Labute approximate surface area is 161 Å². The summed E-state index contributed by atoms with van der Waals surface area (Å²) in [5.41, 5.74) is 1.61. The molecule has 0 fully saturated rings. The van der Waals surface area contributed by atoms with E-state index in [0.717, 1.165) is 41.8 Å². The van der Waals surface area contributed by atoms with E-state index in [0.29, 0.717) is 10.6 Å². The molecular formula is C20H20BrClN2O. The molecule has 3 nitrogen and oxygen atoms in total. The Balaban J connectivity index is 1.89. The Morgan fingerprint density at radius 3 is 2.68 bits per heavy atom. The summed E-state index contributed by atoms with van der Waals surface area (Å²) >= 11 is 9.58. The molecule has 1 aliphatic rings. The Morgan fingerprint density at radius 2 is 1.92 bits per heavy atom. The van der Waals surface area contributed by atoms with Gasteiger partial charge in [0.15, 0.2) is 5.78 Å². The number of ketones is 1. The van der Waals surface area contributed by atoms with Gasteiger partial charge in [0.1, 0.15) is 5.84 Å². The van der Waals surface area contributed by atoms with Crippen molar-refractivity contribution >= 4 is 44.8 Å². The van der Waals surface area contributed by atoms with E-state index in [1.807, 2.05) is 53.4 Å². The van der Waals surface area contributed by atoms with Crippen molar-refractivity contribution in [1.82, 2.24) is 0 Å². The molecule has 25 heavy (non-hydrogen) atoms. The highest BCUT2D eigenvalue weighted by Gasteiger charge is 2.19. The molecule has 1 heterocycles. The van der Waals surface area contributed by atoms with E-state index in [4.69, 9.17) is 16.6 Å². The maximum absolute atomic E-state index is 12.8. The number of nitrogens with zero attached hydrogens (tertiary/aromatic N) is 2.